The van der Waals surface area contributed by atoms with E-state index in [1.165, 1.54) is 9.71 Å². The summed E-state index contributed by atoms with van der Waals surface area (Å²) in [6, 6.07) is 8.30. The molecule has 0 bridgehead atoms. The van der Waals surface area contributed by atoms with E-state index in [0.717, 1.165) is 24.8 Å². The standard InChI is InChI=1S/C13H18N2S/c1-13(2,14)9-5-8-12-15-10-6-3-4-7-11(10)16-12/h3-4,6-7H,5,8-9,14H2,1-2H3. The maximum atomic E-state index is 5.96. The van der Waals surface area contributed by atoms with Gasteiger partial charge in [0.15, 0.2) is 0 Å². The molecule has 0 aliphatic heterocycles. The molecule has 2 N–H and O–H groups in total. The highest BCUT2D eigenvalue weighted by Crippen LogP contribution is 2.23. The smallest absolute Gasteiger partial charge is 0.0938 e. The Morgan fingerprint density at radius 3 is 2.75 bits per heavy atom. The number of hydrogen-bond acceptors (Lipinski definition) is 3. The van der Waals surface area contributed by atoms with Gasteiger partial charge in [-0.2, -0.15) is 0 Å². The van der Waals surface area contributed by atoms with Gasteiger partial charge in [0.2, 0.25) is 0 Å². The highest BCUT2D eigenvalue weighted by atomic mass is 32.1. The van der Waals surface area contributed by atoms with E-state index in [1.807, 2.05) is 6.07 Å². The number of thiazole rings is 1. The average Bonchev–Trinajstić information content (AvgIpc) is 2.57. The Labute approximate surface area is 101 Å². The molecule has 2 aromatic rings. The van der Waals surface area contributed by atoms with Crippen LogP contribution in [0.5, 0.6) is 0 Å². The number of aryl methyl sites for hydroxylation is 1. The van der Waals surface area contributed by atoms with Gasteiger partial charge < -0.3 is 5.73 Å². The summed E-state index contributed by atoms with van der Waals surface area (Å²) in [7, 11) is 0. The normalized spacial score (nSPS) is 12.2. The van der Waals surface area contributed by atoms with Crippen molar-refractivity contribution in [2.75, 3.05) is 0 Å². The van der Waals surface area contributed by atoms with E-state index in [4.69, 9.17) is 5.73 Å². The topological polar surface area (TPSA) is 38.9 Å². The summed E-state index contributed by atoms with van der Waals surface area (Å²) in [6.07, 6.45) is 3.20. The number of aromatic nitrogens is 1. The van der Waals surface area contributed by atoms with Crippen LogP contribution < -0.4 is 5.73 Å². The van der Waals surface area contributed by atoms with E-state index >= 15 is 0 Å². The fourth-order valence-electron chi connectivity index (χ4n) is 1.72. The lowest BCUT2D eigenvalue weighted by Gasteiger charge is -2.17. The van der Waals surface area contributed by atoms with E-state index in [9.17, 15) is 0 Å². The Balaban J connectivity index is 2.00. The van der Waals surface area contributed by atoms with E-state index in [1.54, 1.807) is 11.3 Å². The molecule has 0 atom stereocenters. The van der Waals surface area contributed by atoms with Gasteiger partial charge in [0.05, 0.1) is 15.2 Å². The Hall–Kier alpha value is -0.930. The van der Waals surface area contributed by atoms with Crippen molar-refractivity contribution in [3.63, 3.8) is 0 Å². The van der Waals surface area contributed by atoms with Gasteiger partial charge in [-0.3, -0.25) is 0 Å². The van der Waals surface area contributed by atoms with Crippen molar-refractivity contribution in [2.24, 2.45) is 5.73 Å². The van der Waals surface area contributed by atoms with E-state index in [-0.39, 0.29) is 5.54 Å². The van der Waals surface area contributed by atoms with E-state index in [2.05, 4.69) is 37.0 Å². The summed E-state index contributed by atoms with van der Waals surface area (Å²) >= 11 is 1.80. The third-order valence-corrected chi connectivity index (χ3v) is 3.65. The molecule has 0 fully saturated rings. The van der Waals surface area contributed by atoms with Crippen LogP contribution in [0.4, 0.5) is 0 Å². The van der Waals surface area contributed by atoms with Crippen LogP contribution in [0.15, 0.2) is 24.3 Å². The summed E-state index contributed by atoms with van der Waals surface area (Å²) in [5.41, 5.74) is 7.02. The second-order valence-corrected chi connectivity index (χ2v) is 6.03. The Morgan fingerprint density at radius 1 is 1.31 bits per heavy atom. The van der Waals surface area contributed by atoms with Crippen LogP contribution in [0.25, 0.3) is 10.2 Å². The number of rotatable bonds is 4. The number of para-hydroxylation sites is 1. The van der Waals surface area contributed by atoms with E-state index in [0.29, 0.717) is 0 Å². The van der Waals surface area contributed by atoms with Crippen LogP contribution in [0.1, 0.15) is 31.7 Å². The van der Waals surface area contributed by atoms with Gasteiger partial charge in [-0.15, -0.1) is 11.3 Å². The Kier molecular flexibility index (Phi) is 3.26. The fraction of sp³-hybridized carbons (Fsp3) is 0.462. The molecule has 0 radical (unpaired) electrons. The molecule has 0 aliphatic carbocycles. The molecule has 0 saturated carbocycles. The van der Waals surface area contributed by atoms with Crippen molar-refractivity contribution >= 4 is 21.6 Å². The van der Waals surface area contributed by atoms with Crippen LogP contribution >= 0.6 is 11.3 Å². The van der Waals surface area contributed by atoms with Gasteiger partial charge in [0.1, 0.15) is 0 Å². The third-order valence-electron chi connectivity index (χ3n) is 2.55. The van der Waals surface area contributed by atoms with Gasteiger partial charge in [0.25, 0.3) is 0 Å². The number of fused-ring (bicyclic) bond motifs is 1. The Bertz CT molecular complexity index is 435. The fourth-order valence-corrected chi connectivity index (χ4v) is 2.73. The largest absolute Gasteiger partial charge is 0.326 e. The molecular formula is C13H18N2S. The SMILES string of the molecule is CC(C)(N)CCCc1nc2ccccc2s1. The molecule has 1 aromatic carbocycles. The number of nitrogens with two attached hydrogens (primary N) is 1. The first-order valence-electron chi connectivity index (χ1n) is 5.68. The molecule has 0 unspecified atom stereocenters. The number of benzene rings is 1. The van der Waals surface area contributed by atoms with Gasteiger partial charge in [-0.1, -0.05) is 12.1 Å². The molecule has 0 spiro atoms. The third kappa shape index (κ3) is 3.03. The molecule has 2 rings (SSSR count). The van der Waals surface area contributed by atoms with Crippen molar-refractivity contribution in [2.45, 2.75) is 38.6 Å². The van der Waals surface area contributed by atoms with Crippen LogP contribution in [0.2, 0.25) is 0 Å². The lowest BCUT2D eigenvalue weighted by atomic mass is 9.99. The van der Waals surface area contributed by atoms with Crippen LogP contribution in [0, 0.1) is 0 Å². The molecule has 0 saturated heterocycles. The van der Waals surface area contributed by atoms with Crippen molar-refractivity contribution in [3.8, 4) is 0 Å². The zero-order valence-corrected chi connectivity index (χ0v) is 10.7. The van der Waals surface area contributed by atoms with Crippen LogP contribution in [0.3, 0.4) is 0 Å². The minimum absolute atomic E-state index is 0.0588. The van der Waals surface area contributed by atoms with Crippen molar-refractivity contribution in [3.05, 3.63) is 29.3 Å². The second kappa shape index (κ2) is 4.52. The summed E-state index contributed by atoms with van der Waals surface area (Å²) in [4.78, 5) is 4.61. The van der Waals surface area contributed by atoms with Crippen molar-refractivity contribution < 1.29 is 0 Å². The van der Waals surface area contributed by atoms with Crippen LogP contribution in [-0.4, -0.2) is 10.5 Å². The van der Waals surface area contributed by atoms with Crippen LogP contribution in [-0.2, 0) is 6.42 Å². The summed E-state index contributed by atoms with van der Waals surface area (Å²) in [6.45, 7) is 4.15. The summed E-state index contributed by atoms with van der Waals surface area (Å²) in [5.74, 6) is 0. The minimum atomic E-state index is -0.0588. The number of nitrogens with zero attached hydrogens (tertiary/aromatic N) is 1. The van der Waals surface area contributed by atoms with Crippen molar-refractivity contribution in [1.82, 2.24) is 4.98 Å². The molecule has 1 heterocycles. The van der Waals surface area contributed by atoms with Gasteiger partial charge in [-0.25, -0.2) is 4.98 Å². The van der Waals surface area contributed by atoms with Crippen molar-refractivity contribution in [1.29, 1.82) is 0 Å². The first kappa shape index (κ1) is 11.6. The lowest BCUT2D eigenvalue weighted by Crippen LogP contribution is -2.31. The molecule has 1 aromatic heterocycles. The molecule has 2 nitrogen and oxygen atoms in total. The predicted octanol–water partition coefficient (Wildman–Crippen LogP) is 3.36. The molecule has 0 amide bonds. The van der Waals surface area contributed by atoms with Gasteiger partial charge in [-0.05, 0) is 45.2 Å². The maximum Gasteiger partial charge on any atom is 0.0938 e. The molecule has 86 valence electrons. The molecule has 0 aliphatic rings. The predicted molar refractivity (Wildman–Crippen MR) is 70.8 cm³/mol. The maximum absolute atomic E-state index is 5.96. The molecule has 3 heteroatoms. The summed E-state index contributed by atoms with van der Waals surface area (Å²) in [5, 5.41) is 1.23. The van der Waals surface area contributed by atoms with Gasteiger partial charge in [0, 0.05) is 5.54 Å². The highest BCUT2D eigenvalue weighted by Gasteiger charge is 2.10. The highest BCUT2D eigenvalue weighted by molar-refractivity contribution is 7.18. The average molecular weight is 234 g/mol. The zero-order valence-electron chi connectivity index (χ0n) is 9.86. The molecule has 16 heavy (non-hydrogen) atoms. The lowest BCUT2D eigenvalue weighted by molar-refractivity contribution is 0.459. The quantitative estimate of drug-likeness (QED) is 0.881. The first-order valence-corrected chi connectivity index (χ1v) is 6.50. The van der Waals surface area contributed by atoms with Gasteiger partial charge >= 0.3 is 0 Å². The van der Waals surface area contributed by atoms with E-state index < -0.39 is 0 Å². The Morgan fingerprint density at radius 2 is 2.06 bits per heavy atom. The second-order valence-electron chi connectivity index (χ2n) is 4.92. The summed E-state index contributed by atoms with van der Waals surface area (Å²) < 4.78 is 1.28. The zero-order chi connectivity index (χ0) is 11.6. The monoisotopic (exact) mass is 234 g/mol. The first-order chi connectivity index (χ1) is 7.54. The minimum Gasteiger partial charge on any atom is -0.326 e. The number of hydrogen-bond donors (Lipinski definition) is 1. The molecular weight excluding hydrogens is 216 g/mol.